The van der Waals surface area contributed by atoms with Gasteiger partial charge in [0.05, 0.1) is 0 Å². The van der Waals surface area contributed by atoms with Crippen LogP contribution in [0.15, 0.2) is 18.2 Å². The molecule has 0 spiro atoms. The molecule has 2 N–H and O–H groups in total. The third-order valence-corrected chi connectivity index (χ3v) is 4.00. The molecular formula is C16H24N2O. The van der Waals surface area contributed by atoms with E-state index in [0.29, 0.717) is 12.1 Å². The van der Waals surface area contributed by atoms with Gasteiger partial charge in [-0.25, -0.2) is 0 Å². The van der Waals surface area contributed by atoms with Gasteiger partial charge in [-0.2, -0.15) is 0 Å². The molecule has 1 aromatic rings. The van der Waals surface area contributed by atoms with E-state index in [4.69, 9.17) is 5.73 Å². The molecular weight excluding hydrogens is 236 g/mol. The zero-order valence-corrected chi connectivity index (χ0v) is 12.0. The highest BCUT2D eigenvalue weighted by molar-refractivity contribution is 5.97. The van der Waals surface area contributed by atoms with Crippen molar-refractivity contribution in [2.75, 3.05) is 25.4 Å². The number of benzene rings is 1. The normalized spacial score (nSPS) is 20.4. The van der Waals surface area contributed by atoms with Crippen LogP contribution < -0.4 is 5.73 Å². The molecule has 1 aliphatic rings. The van der Waals surface area contributed by atoms with Crippen LogP contribution in [-0.4, -0.2) is 30.3 Å². The number of carbonyl (C=O) groups is 1. The molecule has 0 aromatic heterocycles. The number of anilines is 1. The minimum absolute atomic E-state index is 0.199. The third kappa shape index (κ3) is 3.80. The molecule has 0 aliphatic carbocycles. The number of likely N-dealkylation sites (tertiary alicyclic amines) is 1. The Bertz CT molecular complexity index is 456. The Morgan fingerprint density at radius 3 is 2.95 bits per heavy atom. The molecule has 0 amide bonds. The number of nitrogens with two attached hydrogens (primary N) is 1. The maximum atomic E-state index is 12.2. The molecule has 3 nitrogen and oxygen atoms in total. The Hall–Kier alpha value is -1.35. The van der Waals surface area contributed by atoms with Crippen LogP contribution in [-0.2, 0) is 0 Å². The standard InChI is InChI=1S/C16H24N2O/c1-12-4-3-8-18(11-12)9-7-16(19)14-6-5-13(2)15(17)10-14/h5-6,10,12H,3-4,7-9,11,17H2,1-2H3. The summed E-state index contributed by atoms with van der Waals surface area (Å²) in [5.41, 5.74) is 8.33. The molecule has 104 valence electrons. The van der Waals surface area contributed by atoms with Gasteiger partial charge in [0, 0.05) is 30.8 Å². The molecule has 1 fully saturated rings. The molecule has 1 atom stereocenters. The maximum Gasteiger partial charge on any atom is 0.164 e. The van der Waals surface area contributed by atoms with Crippen LogP contribution in [0, 0.1) is 12.8 Å². The first-order valence-corrected chi connectivity index (χ1v) is 7.18. The quantitative estimate of drug-likeness (QED) is 0.669. The van der Waals surface area contributed by atoms with Gasteiger partial charge in [0.1, 0.15) is 0 Å². The third-order valence-electron chi connectivity index (χ3n) is 4.00. The molecule has 1 heterocycles. The largest absolute Gasteiger partial charge is 0.398 e. The molecule has 1 aromatic carbocycles. The van der Waals surface area contributed by atoms with Gasteiger partial charge >= 0.3 is 0 Å². The van der Waals surface area contributed by atoms with Crippen molar-refractivity contribution in [2.45, 2.75) is 33.1 Å². The van der Waals surface area contributed by atoms with Gasteiger partial charge in [0.25, 0.3) is 0 Å². The van der Waals surface area contributed by atoms with Crippen LogP contribution in [0.2, 0.25) is 0 Å². The van der Waals surface area contributed by atoms with Crippen molar-refractivity contribution in [1.82, 2.24) is 4.90 Å². The summed E-state index contributed by atoms with van der Waals surface area (Å²) in [6, 6.07) is 5.61. The SMILES string of the molecule is Cc1ccc(C(=O)CCN2CCCC(C)C2)cc1N. The van der Waals surface area contributed by atoms with E-state index < -0.39 is 0 Å². The lowest BCUT2D eigenvalue weighted by Gasteiger charge is -2.30. The predicted octanol–water partition coefficient (Wildman–Crippen LogP) is 2.88. The van der Waals surface area contributed by atoms with E-state index in [0.717, 1.165) is 36.7 Å². The lowest BCUT2D eigenvalue weighted by Crippen LogP contribution is -2.35. The number of nitrogen functional groups attached to an aromatic ring is 1. The van der Waals surface area contributed by atoms with Crippen LogP contribution in [0.1, 0.15) is 42.1 Å². The Balaban J connectivity index is 1.88. The topological polar surface area (TPSA) is 46.3 Å². The van der Waals surface area contributed by atoms with Crippen LogP contribution in [0.3, 0.4) is 0 Å². The van der Waals surface area contributed by atoms with E-state index in [1.807, 2.05) is 19.1 Å². The van der Waals surface area contributed by atoms with E-state index >= 15 is 0 Å². The summed E-state index contributed by atoms with van der Waals surface area (Å²) >= 11 is 0. The molecule has 1 unspecified atom stereocenters. The van der Waals surface area contributed by atoms with Gasteiger partial charge in [-0.1, -0.05) is 19.1 Å². The lowest BCUT2D eigenvalue weighted by atomic mass is 9.99. The summed E-state index contributed by atoms with van der Waals surface area (Å²) in [4.78, 5) is 14.6. The van der Waals surface area contributed by atoms with Crippen LogP contribution in [0.5, 0.6) is 0 Å². The van der Waals surface area contributed by atoms with E-state index in [2.05, 4.69) is 11.8 Å². The minimum Gasteiger partial charge on any atom is -0.398 e. The Morgan fingerprint density at radius 1 is 1.47 bits per heavy atom. The van der Waals surface area contributed by atoms with Crippen molar-refractivity contribution < 1.29 is 4.79 Å². The summed E-state index contributed by atoms with van der Waals surface area (Å²) in [6.45, 7) is 7.38. The molecule has 0 bridgehead atoms. The monoisotopic (exact) mass is 260 g/mol. The second-order valence-electron chi connectivity index (χ2n) is 5.79. The van der Waals surface area contributed by atoms with E-state index in [9.17, 15) is 4.79 Å². The molecule has 0 radical (unpaired) electrons. The van der Waals surface area contributed by atoms with Crippen LogP contribution in [0.25, 0.3) is 0 Å². The minimum atomic E-state index is 0.199. The molecule has 3 heteroatoms. The number of Topliss-reactive ketones (excluding diaryl/α,β-unsaturated/α-hetero) is 1. The number of hydrogen-bond acceptors (Lipinski definition) is 3. The second-order valence-corrected chi connectivity index (χ2v) is 5.79. The Morgan fingerprint density at radius 2 is 2.26 bits per heavy atom. The first-order chi connectivity index (χ1) is 9.06. The van der Waals surface area contributed by atoms with Gasteiger partial charge in [-0.3, -0.25) is 4.79 Å². The fourth-order valence-corrected chi connectivity index (χ4v) is 2.71. The second kappa shape index (κ2) is 6.20. The summed E-state index contributed by atoms with van der Waals surface area (Å²) in [7, 11) is 0. The summed E-state index contributed by atoms with van der Waals surface area (Å²) in [5.74, 6) is 0.962. The Kier molecular flexibility index (Phi) is 4.59. The van der Waals surface area contributed by atoms with Gasteiger partial charge in [0.2, 0.25) is 0 Å². The summed E-state index contributed by atoms with van der Waals surface area (Å²) in [5, 5.41) is 0. The number of ketones is 1. The smallest absolute Gasteiger partial charge is 0.164 e. The highest BCUT2D eigenvalue weighted by Gasteiger charge is 2.17. The highest BCUT2D eigenvalue weighted by atomic mass is 16.1. The van der Waals surface area contributed by atoms with Gasteiger partial charge < -0.3 is 10.6 Å². The van der Waals surface area contributed by atoms with Gasteiger partial charge in [0.15, 0.2) is 5.78 Å². The zero-order valence-electron chi connectivity index (χ0n) is 12.0. The van der Waals surface area contributed by atoms with Crippen molar-refractivity contribution in [3.63, 3.8) is 0 Å². The van der Waals surface area contributed by atoms with Crippen molar-refractivity contribution >= 4 is 11.5 Å². The predicted molar refractivity (Wildman–Crippen MR) is 79.4 cm³/mol. The fraction of sp³-hybridized carbons (Fsp3) is 0.562. The molecule has 1 saturated heterocycles. The van der Waals surface area contributed by atoms with E-state index in [1.165, 1.54) is 12.8 Å². The zero-order chi connectivity index (χ0) is 13.8. The van der Waals surface area contributed by atoms with Crippen molar-refractivity contribution in [1.29, 1.82) is 0 Å². The molecule has 19 heavy (non-hydrogen) atoms. The molecule has 2 rings (SSSR count). The van der Waals surface area contributed by atoms with Gasteiger partial charge in [-0.15, -0.1) is 0 Å². The summed E-state index contributed by atoms with van der Waals surface area (Å²) < 4.78 is 0. The average Bonchev–Trinajstić information content (AvgIpc) is 2.39. The number of hydrogen-bond donors (Lipinski definition) is 1. The van der Waals surface area contributed by atoms with E-state index in [1.54, 1.807) is 6.07 Å². The number of piperidine rings is 1. The number of carbonyl (C=O) groups excluding carboxylic acids is 1. The average molecular weight is 260 g/mol. The number of rotatable bonds is 4. The molecule has 1 aliphatic heterocycles. The van der Waals surface area contributed by atoms with Crippen LogP contribution in [0.4, 0.5) is 5.69 Å². The lowest BCUT2D eigenvalue weighted by molar-refractivity contribution is 0.0949. The van der Waals surface area contributed by atoms with E-state index in [-0.39, 0.29) is 5.78 Å². The van der Waals surface area contributed by atoms with Crippen molar-refractivity contribution in [3.05, 3.63) is 29.3 Å². The Labute approximate surface area is 115 Å². The van der Waals surface area contributed by atoms with Crippen LogP contribution >= 0.6 is 0 Å². The number of nitrogens with zero attached hydrogens (tertiary/aromatic N) is 1. The summed E-state index contributed by atoms with van der Waals surface area (Å²) in [6.07, 6.45) is 3.17. The number of aryl methyl sites for hydroxylation is 1. The highest BCUT2D eigenvalue weighted by Crippen LogP contribution is 2.17. The first-order valence-electron chi connectivity index (χ1n) is 7.18. The van der Waals surface area contributed by atoms with Gasteiger partial charge in [-0.05, 0) is 43.9 Å². The maximum absolute atomic E-state index is 12.2. The van der Waals surface area contributed by atoms with Crippen molar-refractivity contribution in [3.8, 4) is 0 Å². The first kappa shape index (κ1) is 14.1. The molecule has 0 saturated carbocycles. The van der Waals surface area contributed by atoms with Crippen molar-refractivity contribution in [2.24, 2.45) is 5.92 Å². The fourth-order valence-electron chi connectivity index (χ4n) is 2.71.